The first kappa shape index (κ1) is 23.7. The van der Waals surface area contributed by atoms with Gasteiger partial charge in [0.1, 0.15) is 5.82 Å². The molecule has 1 N–H and O–H groups in total. The molecule has 3 heterocycles. The number of carbonyl (C=O) groups excluding carboxylic acids is 1. The van der Waals surface area contributed by atoms with E-state index >= 15 is 0 Å². The number of benzene rings is 1. The Morgan fingerprint density at radius 3 is 2.72 bits per heavy atom. The van der Waals surface area contributed by atoms with Gasteiger partial charge in [0.05, 0.1) is 6.04 Å². The highest BCUT2D eigenvalue weighted by atomic mass is 35.5. The Morgan fingerprint density at radius 1 is 1.21 bits per heavy atom. The van der Waals surface area contributed by atoms with Crippen molar-refractivity contribution >= 4 is 48.1 Å². The molecule has 2 unspecified atom stereocenters. The minimum absolute atomic E-state index is 0. The quantitative estimate of drug-likeness (QED) is 0.750. The highest BCUT2D eigenvalue weighted by Crippen LogP contribution is 2.30. The molecule has 0 bridgehead atoms. The SMILES string of the molecule is CC1CCN(c2cc(C(=O)N3CCNCC3c3ccccc3Cl)ccn2)C1.Cl.Cl. The van der Waals surface area contributed by atoms with Crippen molar-refractivity contribution in [3.8, 4) is 0 Å². The largest absolute Gasteiger partial charge is 0.356 e. The lowest BCUT2D eigenvalue weighted by atomic mass is 10.0. The van der Waals surface area contributed by atoms with Crippen LogP contribution in [0.15, 0.2) is 42.6 Å². The molecule has 2 saturated heterocycles. The predicted molar refractivity (Wildman–Crippen MR) is 123 cm³/mol. The Balaban J connectivity index is 0.00000150. The molecule has 1 aromatic carbocycles. The van der Waals surface area contributed by atoms with Crippen LogP contribution in [0.4, 0.5) is 5.82 Å². The van der Waals surface area contributed by atoms with Crippen LogP contribution in [-0.4, -0.2) is 48.5 Å². The zero-order valence-electron chi connectivity index (χ0n) is 16.4. The van der Waals surface area contributed by atoms with Crippen molar-refractivity contribution in [2.45, 2.75) is 19.4 Å². The molecule has 0 saturated carbocycles. The minimum atomic E-state index is -0.0663. The lowest BCUT2D eigenvalue weighted by molar-refractivity contribution is 0.0634. The third-order valence-electron chi connectivity index (χ3n) is 5.51. The number of rotatable bonds is 3. The maximum absolute atomic E-state index is 13.3. The smallest absolute Gasteiger partial charge is 0.254 e. The molecule has 0 spiro atoms. The Morgan fingerprint density at radius 2 is 2.00 bits per heavy atom. The van der Waals surface area contributed by atoms with Crippen molar-refractivity contribution in [2.75, 3.05) is 37.6 Å². The second-order valence-corrected chi connectivity index (χ2v) is 7.89. The molecule has 158 valence electrons. The zero-order chi connectivity index (χ0) is 18.8. The van der Waals surface area contributed by atoms with E-state index in [2.05, 4.69) is 22.1 Å². The van der Waals surface area contributed by atoms with Crippen LogP contribution in [0.2, 0.25) is 5.02 Å². The number of hydrogen-bond donors (Lipinski definition) is 1. The molecule has 29 heavy (non-hydrogen) atoms. The summed E-state index contributed by atoms with van der Waals surface area (Å²) >= 11 is 6.42. The summed E-state index contributed by atoms with van der Waals surface area (Å²) in [4.78, 5) is 22.0. The molecule has 2 atom stereocenters. The normalized spacial score (nSPS) is 21.3. The highest BCUT2D eigenvalue weighted by Gasteiger charge is 2.30. The van der Waals surface area contributed by atoms with Gasteiger partial charge in [-0.2, -0.15) is 0 Å². The van der Waals surface area contributed by atoms with Gasteiger partial charge in [-0.3, -0.25) is 4.79 Å². The average Bonchev–Trinajstić information content (AvgIpc) is 3.14. The summed E-state index contributed by atoms with van der Waals surface area (Å²) in [5.41, 5.74) is 1.68. The summed E-state index contributed by atoms with van der Waals surface area (Å²) in [5.74, 6) is 1.61. The number of amides is 1. The predicted octanol–water partition coefficient (Wildman–Crippen LogP) is 4.21. The number of hydrogen-bond acceptors (Lipinski definition) is 4. The average molecular weight is 458 g/mol. The van der Waals surface area contributed by atoms with Crippen LogP contribution in [0.5, 0.6) is 0 Å². The fourth-order valence-corrected chi connectivity index (χ4v) is 4.27. The Hall–Kier alpha value is -1.53. The summed E-state index contributed by atoms with van der Waals surface area (Å²) < 4.78 is 0. The van der Waals surface area contributed by atoms with Gasteiger partial charge in [0.2, 0.25) is 0 Å². The van der Waals surface area contributed by atoms with Gasteiger partial charge in [-0.25, -0.2) is 4.98 Å². The first-order valence-corrected chi connectivity index (χ1v) is 9.98. The molecule has 2 aromatic rings. The second-order valence-electron chi connectivity index (χ2n) is 7.48. The number of aromatic nitrogens is 1. The Labute approximate surface area is 189 Å². The van der Waals surface area contributed by atoms with Crippen LogP contribution >= 0.6 is 36.4 Å². The molecule has 2 aliphatic heterocycles. The van der Waals surface area contributed by atoms with Crippen molar-refractivity contribution in [1.82, 2.24) is 15.2 Å². The monoisotopic (exact) mass is 456 g/mol. The van der Waals surface area contributed by atoms with E-state index in [1.165, 1.54) is 6.42 Å². The minimum Gasteiger partial charge on any atom is -0.356 e. The van der Waals surface area contributed by atoms with Crippen LogP contribution in [0.1, 0.15) is 35.3 Å². The van der Waals surface area contributed by atoms with Gasteiger partial charge in [0, 0.05) is 49.5 Å². The van der Waals surface area contributed by atoms with E-state index < -0.39 is 0 Å². The van der Waals surface area contributed by atoms with Gasteiger partial charge >= 0.3 is 0 Å². The van der Waals surface area contributed by atoms with Crippen LogP contribution in [0.25, 0.3) is 0 Å². The van der Waals surface area contributed by atoms with E-state index in [1.54, 1.807) is 6.20 Å². The molecule has 2 fully saturated rings. The van der Waals surface area contributed by atoms with E-state index in [9.17, 15) is 4.79 Å². The first-order valence-electron chi connectivity index (χ1n) is 9.60. The highest BCUT2D eigenvalue weighted by molar-refractivity contribution is 6.31. The summed E-state index contributed by atoms with van der Waals surface area (Å²) in [6.07, 6.45) is 2.92. The van der Waals surface area contributed by atoms with Gasteiger partial charge in [-0.15, -0.1) is 24.8 Å². The van der Waals surface area contributed by atoms with Crippen molar-refractivity contribution in [2.24, 2.45) is 5.92 Å². The zero-order valence-corrected chi connectivity index (χ0v) is 18.8. The van der Waals surface area contributed by atoms with Crippen molar-refractivity contribution in [3.63, 3.8) is 0 Å². The summed E-state index contributed by atoms with van der Waals surface area (Å²) in [6, 6.07) is 11.5. The van der Waals surface area contributed by atoms with E-state index in [-0.39, 0.29) is 36.8 Å². The maximum Gasteiger partial charge on any atom is 0.254 e. The molecular weight excluding hydrogens is 431 g/mol. The van der Waals surface area contributed by atoms with Gasteiger partial charge in [-0.05, 0) is 36.1 Å². The molecule has 1 amide bonds. The lowest BCUT2D eigenvalue weighted by Gasteiger charge is -2.37. The molecule has 0 radical (unpaired) electrons. The van der Waals surface area contributed by atoms with Gasteiger partial charge < -0.3 is 15.1 Å². The van der Waals surface area contributed by atoms with E-state index in [0.717, 1.165) is 31.0 Å². The Kier molecular flexibility index (Phi) is 8.58. The third-order valence-corrected chi connectivity index (χ3v) is 5.85. The standard InChI is InChI=1S/C21H25ClN4O.2ClH/c1-15-7-10-25(14-15)20-12-16(6-8-24-20)21(27)26-11-9-23-13-19(26)17-4-2-3-5-18(17)22;;/h2-6,8,12,15,19,23H,7,9-11,13-14H2,1H3;2*1H. The number of anilines is 1. The maximum atomic E-state index is 13.3. The molecular formula is C21H27Cl3N4O. The lowest BCUT2D eigenvalue weighted by Crippen LogP contribution is -2.48. The molecule has 8 heteroatoms. The van der Waals surface area contributed by atoms with Crippen molar-refractivity contribution < 1.29 is 4.79 Å². The molecule has 2 aliphatic rings. The van der Waals surface area contributed by atoms with Crippen LogP contribution in [0, 0.1) is 5.92 Å². The molecule has 4 rings (SSSR count). The van der Waals surface area contributed by atoms with Gasteiger partial charge in [-0.1, -0.05) is 36.7 Å². The van der Waals surface area contributed by atoms with E-state index in [1.807, 2.05) is 41.3 Å². The van der Waals surface area contributed by atoms with Crippen molar-refractivity contribution in [3.05, 3.63) is 58.7 Å². The second kappa shape index (κ2) is 10.5. The molecule has 1 aromatic heterocycles. The fourth-order valence-electron chi connectivity index (χ4n) is 4.00. The topological polar surface area (TPSA) is 48.5 Å². The number of halogens is 3. The van der Waals surface area contributed by atoms with Gasteiger partial charge in [0.15, 0.2) is 0 Å². The van der Waals surface area contributed by atoms with Crippen molar-refractivity contribution in [1.29, 1.82) is 0 Å². The fraction of sp³-hybridized carbons (Fsp3) is 0.429. The summed E-state index contributed by atoms with van der Waals surface area (Å²) in [7, 11) is 0. The van der Waals surface area contributed by atoms with E-state index in [0.29, 0.717) is 29.6 Å². The number of pyridine rings is 1. The summed E-state index contributed by atoms with van der Waals surface area (Å²) in [6.45, 7) is 6.41. The summed E-state index contributed by atoms with van der Waals surface area (Å²) in [5, 5.41) is 4.08. The van der Waals surface area contributed by atoms with E-state index in [4.69, 9.17) is 11.6 Å². The van der Waals surface area contributed by atoms with Crippen LogP contribution in [-0.2, 0) is 0 Å². The molecule has 5 nitrogen and oxygen atoms in total. The molecule has 0 aliphatic carbocycles. The van der Waals surface area contributed by atoms with Crippen LogP contribution in [0.3, 0.4) is 0 Å². The van der Waals surface area contributed by atoms with Crippen LogP contribution < -0.4 is 10.2 Å². The Bertz CT molecular complexity index is 835. The van der Waals surface area contributed by atoms with Gasteiger partial charge in [0.25, 0.3) is 5.91 Å². The first-order chi connectivity index (χ1) is 13.1. The number of nitrogens with zero attached hydrogens (tertiary/aromatic N) is 3. The number of nitrogens with one attached hydrogen (secondary N) is 1. The number of piperazine rings is 1. The number of carbonyl (C=O) groups is 1. The third kappa shape index (κ3) is 5.15.